The molecule has 4 N–H and O–H groups in total. The smallest absolute Gasteiger partial charge is 0.270 e. The maximum Gasteiger partial charge on any atom is 0.270 e. The molecule has 166 valence electrons. The van der Waals surface area contributed by atoms with Crippen LogP contribution in [0, 0.1) is 10.1 Å². The summed E-state index contributed by atoms with van der Waals surface area (Å²) in [4.78, 5) is 10.1. The summed E-state index contributed by atoms with van der Waals surface area (Å²) < 4.78 is 33.6. The summed E-state index contributed by atoms with van der Waals surface area (Å²) in [6.45, 7) is 0. The van der Waals surface area contributed by atoms with E-state index in [0.717, 1.165) is 12.1 Å². The fourth-order valence-electron chi connectivity index (χ4n) is 2.67. The number of nitrogens with one attached hydrogen (secondary N) is 2. The Morgan fingerprint density at radius 1 is 1.03 bits per heavy atom. The molecule has 0 radical (unpaired) electrons. The zero-order chi connectivity index (χ0) is 23.3. The van der Waals surface area contributed by atoms with Gasteiger partial charge in [0.05, 0.1) is 29.6 Å². The van der Waals surface area contributed by atoms with Crippen LogP contribution in [0.5, 0.6) is 17.2 Å². The lowest BCUT2D eigenvalue weighted by atomic mass is 10.2. The number of anilines is 2. The number of phenols is 2. The fraction of sp³-hybridized carbons (Fsp3) is 0.0500. The second kappa shape index (κ2) is 9.22. The molecule has 0 aliphatic heterocycles. The van der Waals surface area contributed by atoms with Crippen molar-refractivity contribution in [3.8, 4) is 17.2 Å². The topological polar surface area (TPSA) is 163 Å². The zero-order valence-corrected chi connectivity index (χ0v) is 17.4. The number of para-hydroxylation sites is 2. The van der Waals surface area contributed by atoms with Crippen molar-refractivity contribution >= 4 is 33.3 Å². The second-order valence-electron chi connectivity index (χ2n) is 6.36. The minimum absolute atomic E-state index is 0.0303. The van der Waals surface area contributed by atoms with Crippen LogP contribution in [0.1, 0.15) is 5.56 Å². The van der Waals surface area contributed by atoms with E-state index in [2.05, 4.69) is 15.2 Å². The Bertz CT molecular complexity index is 1290. The Balaban J connectivity index is 1.96. The molecule has 3 rings (SSSR count). The molecular formula is C20H18N4O7S. The molecule has 0 saturated heterocycles. The molecule has 0 aliphatic rings. The van der Waals surface area contributed by atoms with Gasteiger partial charge in [-0.15, -0.1) is 0 Å². The van der Waals surface area contributed by atoms with E-state index in [1.54, 1.807) is 18.2 Å². The van der Waals surface area contributed by atoms with Crippen molar-refractivity contribution < 1.29 is 28.3 Å². The van der Waals surface area contributed by atoms with E-state index >= 15 is 0 Å². The number of hydrogen-bond acceptors (Lipinski definition) is 9. The second-order valence-corrected chi connectivity index (χ2v) is 8.01. The van der Waals surface area contributed by atoms with E-state index in [1.807, 2.05) is 0 Å². The molecule has 0 spiro atoms. The first-order valence-electron chi connectivity index (χ1n) is 8.96. The van der Waals surface area contributed by atoms with Gasteiger partial charge < -0.3 is 14.9 Å². The van der Waals surface area contributed by atoms with Gasteiger partial charge in [-0.2, -0.15) is 5.10 Å². The normalized spacial score (nSPS) is 11.3. The summed E-state index contributed by atoms with van der Waals surface area (Å²) in [5, 5.41) is 34.0. The Hall–Kier alpha value is -4.32. The van der Waals surface area contributed by atoms with Crippen molar-refractivity contribution in [2.45, 2.75) is 4.90 Å². The van der Waals surface area contributed by atoms with Crippen molar-refractivity contribution in [2.75, 3.05) is 17.3 Å². The van der Waals surface area contributed by atoms with Crippen molar-refractivity contribution in [3.05, 3.63) is 76.3 Å². The lowest BCUT2D eigenvalue weighted by molar-refractivity contribution is -0.385. The molecule has 11 nitrogen and oxygen atoms in total. The lowest BCUT2D eigenvalue weighted by Crippen LogP contribution is -2.15. The first kappa shape index (κ1) is 22.4. The third-order valence-electron chi connectivity index (χ3n) is 4.21. The molecule has 0 bridgehead atoms. The highest BCUT2D eigenvalue weighted by Crippen LogP contribution is 2.31. The van der Waals surface area contributed by atoms with E-state index in [-0.39, 0.29) is 28.6 Å². The van der Waals surface area contributed by atoms with Crippen molar-refractivity contribution in [2.24, 2.45) is 5.10 Å². The van der Waals surface area contributed by atoms with Crippen LogP contribution in [0.15, 0.2) is 70.7 Å². The van der Waals surface area contributed by atoms with Gasteiger partial charge in [0.1, 0.15) is 10.6 Å². The van der Waals surface area contributed by atoms with E-state index < -0.39 is 25.5 Å². The molecular weight excluding hydrogens is 440 g/mol. The molecule has 0 aromatic heterocycles. The number of hydrazone groups is 1. The number of nitro groups is 1. The molecule has 0 amide bonds. The number of phenolic OH excluding ortho intramolecular Hbond substituents is 2. The van der Waals surface area contributed by atoms with Crippen molar-refractivity contribution in [1.82, 2.24) is 0 Å². The summed E-state index contributed by atoms with van der Waals surface area (Å²) in [6.07, 6.45) is 1.27. The van der Waals surface area contributed by atoms with Gasteiger partial charge in [0.25, 0.3) is 15.7 Å². The van der Waals surface area contributed by atoms with Crippen LogP contribution in [0.2, 0.25) is 0 Å². The van der Waals surface area contributed by atoms with Gasteiger partial charge in [-0.25, -0.2) is 8.42 Å². The summed E-state index contributed by atoms with van der Waals surface area (Å²) >= 11 is 0. The largest absolute Gasteiger partial charge is 0.504 e. The molecule has 32 heavy (non-hydrogen) atoms. The lowest BCUT2D eigenvalue weighted by Gasteiger charge is -2.14. The number of nitro benzene ring substituents is 1. The molecule has 0 heterocycles. The fourth-order valence-corrected chi connectivity index (χ4v) is 3.91. The SMILES string of the molecule is COc1ccccc1NS(=O)(=O)c1cc([N+](=O)[O-])ccc1NN=Cc1ccc(O)c(O)c1. The Morgan fingerprint density at radius 2 is 1.78 bits per heavy atom. The monoisotopic (exact) mass is 458 g/mol. The Labute approximate surface area is 182 Å². The summed E-state index contributed by atoms with van der Waals surface area (Å²) in [7, 11) is -2.91. The Morgan fingerprint density at radius 3 is 2.47 bits per heavy atom. The van der Waals surface area contributed by atoms with Gasteiger partial charge in [0.2, 0.25) is 0 Å². The minimum atomic E-state index is -4.28. The number of sulfonamides is 1. The first-order valence-corrected chi connectivity index (χ1v) is 10.4. The molecule has 0 aliphatic carbocycles. The molecule has 0 saturated carbocycles. The van der Waals surface area contributed by atoms with Crippen LogP contribution < -0.4 is 14.9 Å². The number of non-ortho nitro benzene ring substituents is 1. The number of ether oxygens (including phenoxy) is 1. The highest BCUT2D eigenvalue weighted by molar-refractivity contribution is 7.93. The Kier molecular flexibility index (Phi) is 6.45. The average molecular weight is 458 g/mol. The van der Waals surface area contributed by atoms with Crippen LogP contribution in [0.25, 0.3) is 0 Å². The van der Waals surface area contributed by atoms with E-state index in [9.17, 15) is 28.7 Å². The van der Waals surface area contributed by atoms with E-state index in [0.29, 0.717) is 5.56 Å². The summed E-state index contributed by atoms with van der Waals surface area (Å²) in [5.74, 6) is -0.393. The number of rotatable bonds is 8. The molecule has 0 fully saturated rings. The summed E-state index contributed by atoms with van der Waals surface area (Å²) in [5.41, 5.74) is 2.63. The van der Waals surface area contributed by atoms with Gasteiger partial charge in [0, 0.05) is 12.1 Å². The minimum Gasteiger partial charge on any atom is -0.504 e. The zero-order valence-electron chi connectivity index (χ0n) is 16.6. The van der Waals surface area contributed by atoms with Crippen LogP contribution >= 0.6 is 0 Å². The van der Waals surface area contributed by atoms with Gasteiger partial charge in [-0.1, -0.05) is 12.1 Å². The number of nitrogens with zero attached hydrogens (tertiary/aromatic N) is 2. The quantitative estimate of drug-likeness (QED) is 0.173. The predicted molar refractivity (Wildman–Crippen MR) is 118 cm³/mol. The maximum atomic E-state index is 13.0. The number of methoxy groups -OCH3 is 1. The maximum absolute atomic E-state index is 13.0. The molecule has 0 unspecified atom stereocenters. The number of aromatic hydroxyl groups is 2. The standard InChI is InChI=1S/C20H18N4O7S/c1-31-19-5-3-2-4-15(19)23-32(29,30)20-11-14(24(27)28)7-8-16(20)22-21-12-13-6-9-17(25)18(26)10-13/h2-12,22-23,25-26H,1H3. The van der Waals surface area contributed by atoms with Crippen LogP contribution in [0.4, 0.5) is 17.1 Å². The molecule has 12 heteroatoms. The highest BCUT2D eigenvalue weighted by Gasteiger charge is 2.23. The van der Waals surface area contributed by atoms with Crippen LogP contribution in [0.3, 0.4) is 0 Å². The van der Waals surface area contributed by atoms with Crippen molar-refractivity contribution in [3.63, 3.8) is 0 Å². The number of benzene rings is 3. The molecule has 3 aromatic carbocycles. The first-order chi connectivity index (χ1) is 15.2. The van der Waals surface area contributed by atoms with Crippen molar-refractivity contribution in [1.29, 1.82) is 0 Å². The van der Waals surface area contributed by atoms with E-state index in [4.69, 9.17) is 4.74 Å². The van der Waals surface area contributed by atoms with Gasteiger partial charge in [-0.05, 0) is 42.0 Å². The third kappa shape index (κ3) is 5.05. The molecule has 0 atom stereocenters. The van der Waals surface area contributed by atoms with Gasteiger partial charge >= 0.3 is 0 Å². The third-order valence-corrected chi connectivity index (χ3v) is 5.62. The van der Waals surface area contributed by atoms with Crippen LogP contribution in [-0.4, -0.2) is 36.9 Å². The predicted octanol–water partition coefficient (Wildman–Crippen LogP) is 3.26. The number of hydrogen-bond donors (Lipinski definition) is 4. The van der Waals surface area contributed by atoms with E-state index in [1.165, 1.54) is 43.7 Å². The van der Waals surface area contributed by atoms with Gasteiger partial charge in [0.15, 0.2) is 11.5 Å². The molecule has 3 aromatic rings. The average Bonchev–Trinajstić information content (AvgIpc) is 2.76. The summed E-state index contributed by atoms with van der Waals surface area (Å²) in [6, 6.07) is 13.5. The highest BCUT2D eigenvalue weighted by atomic mass is 32.2. The van der Waals surface area contributed by atoms with Gasteiger partial charge in [-0.3, -0.25) is 20.3 Å². The van der Waals surface area contributed by atoms with Crippen LogP contribution in [-0.2, 0) is 10.0 Å².